The topological polar surface area (TPSA) is 54.4 Å². The Balaban J connectivity index is 1.47. The van der Waals surface area contributed by atoms with E-state index in [1.54, 1.807) is 6.20 Å². The van der Waals surface area contributed by atoms with Crippen LogP contribution in [0.3, 0.4) is 0 Å². The predicted molar refractivity (Wildman–Crippen MR) is 101 cm³/mol. The molecule has 25 heavy (non-hydrogen) atoms. The average molecular weight is 335 g/mol. The first-order valence-corrected chi connectivity index (χ1v) is 9.64. The first-order valence-electron chi connectivity index (χ1n) is 9.64. The van der Waals surface area contributed by atoms with Crippen molar-refractivity contribution < 1.29 is 0 Å². The van der Waals surface area contributed by atoms with Gasteiger partial charge >= 0.3 is 0 Å². The zero-order chi connectivity index (χ0) is 17.0. The van der Waals surface area contributed by atoms with E-state index in [-0.39, 0.29) is 0 Å². The highest BCUT2D eigenvalue weighted by Crippen LogP contribution is 2.61. The second-order valence-electron chi connectivity index (χ2n) is 8.77. The molecule has 1 heterocycles. The van der Waals surface area contributed by atoms with Crippen molar-refractivity contribution in [1.82, 2.24) is 4.98 Å². The van der Waals surface area contributed by atoms with E-state index in [1.807, 2.05) is 24.3 Å². The molecule has 6 rings (SSSR count). The van der Waals surface area contributed by atoms with Crippen molar-refractivity contribution in [2.75, 3.05) is 5.32 Å². The van der Waals surface area contributed by atoms with E-state index in [2.05, 4.69) is 22.4 Å². The Labute approximate surface area is 148 Å². The van der Waals surface area contributed by atoms with Crippen LogP contribution in [0.1, 0.15) is 45.4 Å². The third kappa shape index (κ3) is 2.37. The van der Waals surface area contributed by atoms with Crippen molar-refractivity contribution in [3.8, 4) is 0 Å². The number of hydrogen-bond acceptors (Lipinski definition) is 4. The molecule has 0 spiro atoms. The molecule has 1 aromatic carbocycles. The first-order chi connectivity index (χ1) is 12.2. The minimum atomic E-state index is 0.371. The highest BCUT2D eigenvalue weighted by atomic mass is 16.3. The van der Waals surface area contributed by atoms with Crippen molar-refractivity contribution in [3.63, 3.8) is 0 Å². The van der Waals surface area contributed by atoms with Gasteiger partial charge in [0, 0.05) is 17.6 Å². The van der Waals surface area contributed by atoms with Crippen LogP contribution in [0.25, 0.3) is 10.9 Å². The molecule has 0 aliphatic heterocycles. The highest BCUT2D eigenvalue weighted by molar-refractivity contribution is 5.96. The third-order valence-corrected chi connectivity index (χ3v) is 7.22. The first kappa shape index (κ1) is 15.3. The number of nitroso groups, excluding NO2 is 1. The number of nitrogens with one attached hydrogen (secondary N) is 1. The molecule has 4 aliphatic carbocycles. The summed E-state index contributed by atoms with van der Waals surface area (Å²) in [7, 11) is 0. The van der Waals surface area contributed by atoms with Crippen LogP contribution < -0.4 is 5.32 Å². The van der Waals surface area contributed by atoms with E-state index in [9.17, 15) is 4.91 Å². The van der Waals surface area contributed by atoms with Crippen LogP contribution in [0.4, 0.5) is 11.4 Å². The highest BCUT2D eigenvalue weighted by Gasteiger charge is 2.53. The summed E-state index contributed by atoms with van der Waals surface area (Å²) in [5.41, 5.74) is 2.59. The lowest BCUT2D eigenvalue weighted by Crippen LogP contribution is -2.52. The Kier molecular flexibility index (Phi) is 3.37. The Morgan fingerprint density at radius 2 is 1.80 bits per heavy atom. The molecule has 4 bridgehead atoms. The lowest BCUT2D eigenvalue weighted by Gasteiger charge is -2.59. The number of anilines is 1. The van der Waals surface area contributed by atoms with Crippen LogP contribution in [0.2, 0.25) is 0 Å². The van der Waals surface area contributed by atoms with Crippen LogP contribution in [0.15, 0.2) is 35.6 Å². The van der Waals surface area contributed by atoms with Gasteiger partial charge in [-0.05, 0) is 98.1 Å². The lowest BCUT2D eigenvalue weighted by atomic mass is 9.48. The largest absolute Gasteiger partial charge is 0.380 e. The van der Waals surface area contributed by atoms with E-state index < -0.39 is 0 Å². The molecule has 1 unspecified atom stereocenters. The number of hydrogen-bond donors (Lipinski definition) is 1. The maximum absolute atomic E-state index is 11.6. The minimum absolute atomic E-state index is 0.371. The van der Waals surface area contributed by atoms with Gasteiger partial charge in [-0.1, -0.05) is 0 Å². The molecule has 4 aliphatic rings. The van der Waals surface area contributed by atoms with Crippen molar-refractivity contribution >= 4 is 22.3 Å². The van der Waals surface area contributed by atoms with E-state index in [4.69, 9.17) is 0 Å². The van der Waals surface area contributed by atoms with Gasteiger partial charge < -0.3 is 5.32 Å². The zero-order valence-electron chi connectivity index (χ0n) is 14.7. The predicted octanol–water partition coefficient (Wildman–Crippen LogP) is 5.65. The summed E-state index contributed by atoms with van der Waals surface area (Å²) in [4.78, 5) is 15.9. The quantitative estimate of drug-likeness (QED) is 0.735. The Hall–Kier alpha value is -1.97. The minimum Gasteiger partial charge on any atom is -0.380 e. The third-order valence-electron chi connectivity index (χ3n) is 7.22. The van der Waals surface area contributed by atoms with Crippen LogP contribution in [-0.2, 0) is 0 Å². The van der Waals surface area contributed by atoms with Gasteiger partial charge in [0.25, 0.3) is 0 Å². The fourth-order valence-corrected chi connectivity index (χ4v) is 6.45. The van der Waals surface area contributed by atoms with Gasteiger partial charge in [-0.15, -0.1) is 4.91 Å². The number of aromatic nitrogens is 1. The summed E-state index contributed by atoms with van der Waals surface area (Å²) in [5, 5.41) is 7.87. The Morgan fingerprint density at radius 3 is 2.44 bits per heavy atom. The summed E-state index contributed by atoms with van der Waals surface area (Å²) >= 11 is 0. The van der Waals surface area contributed by atoms with E-state index in [0.29, 0.717) is 17.1 Å². The number of pyridine rings is 1. The summed E-state index contributed by atoms with van der Waals surface area (Å²) in [6.07, 6.45) is 10.2. The number of benzene rings is 1. The SMILES string of the molecule is CC(Nc1ccc2ncccc2c1N=O)C12CC3CC(CC(C3)C1)C2. The van der Waals surface area contributed by atoms with Gasteiger partial charge in [-0.3, -0.25) is 4.98 Å². The second-order valence-corrected chi connectivity index (χ2v) is 8.77. The van der Waals surface area contributed by atoms with E-state index in [0.717, 1.165) is 34.3 Å². The normalized spacial score (nSPS) is 34.2. The van der Waals surface area contributed by atoms with Crippen LogP contribution in [0, 0.1) is 28.1 Å². The molecule has 1 N–H and O–H groups in total. The summed E-state index contributed by atoms with van der Waals surface area (Å²) in [5.74, 6) is 2.79. The Morgan fingerprint density at radius 1 is 1.12 bits per heavy atom. The van der Waals surface area contributed by atoms with Gasteiger partial charge in [0.1, 0.15) is 5.69 Å². The van der Waals surface area contributed by atoms with Gasteiger partial charge in [-0.2, -0.15) is 0 Å². The summed E-state index contributed by atoms with van der Waals surface area (Å²) in [6, 6.07) is 8.13. The van der Waals surface area contributed by atoms with E-state index >= 15 is 0 Å². The molecular formula is C21H25N3O. The second kappa shape index (κ2) is 5.52. The van der Waals surface area contributed by atoms with E-state index in [1.165, 1.54) is 38.5 Å². The average Bonchev–Trinajstić information content (AvgIpc) is 2.60. The summed E-state index contributed by atoms with van der Waals surface area (Å²) in [6.45, 7) is 2.31. The van der Waals surface area contributed by atoms with Gasteiger partial charge in [0.2, 0.25) is 0 Å². The summed E-state index contributed by atoms with van der Waals surface area (Å²) < 4.78 is 0. The molecule has 1 atom stereocenters. The fourth-order valence-electron chi connectivity index (χ4n) is 6.45. The molecule has 0 radical (unpaired) electrons. The Bertz CT molecular complexity index is 796. The monoisotopic (exact) mass is 335 g/mol. The van der Waals surface area contributed by atoms with Gasteiger partial charge in [0.05, 0.1) is 11.2 Å². The maximum Gasteiger partial charge on any atom is 0.140 e. The maximum atomic E-state index is 11.6. The van der Waals surface area contributed by atoms with Crippen molar-refractivity contribution in [3.05, 3.63) is 35.4 Å². The molecule has 4 nitrogen and oxygen atoms in total. The molecule has 1 aromatic heterocycles. The molecule has 2 aromatic rings. The van der Waals surface area contributed by atoms with Crippen LogP contribution in [-0.4, -0.2) is 11.0 Å². The number of fused-ring (bicyclic) bond motifs is 1. The van der Waals surface area contributed by atoms with Crippen molar-refractivity contribution in [2.45, 2.75) is 51.5 Å². The molecule has 4 saturated carbocycles. The molecule has 0 saturated heterocycles. The smallest absolute Gasteiger partial charge is 0.140 e. The van der Waals surface area contributed by atoms with Crippen molar-refractivity contribution in [2.24, 2.45) is 28.3 Å². The van der Waals surface area contributed by atoms with Crippen molar-refractivity contribution in [1.29, 1.82) is 0 Å². The van der Waals surface area contributed by atoms with Gasteiger partial charge in [-0.25, -0.2) is 0 Å². The fraction of sp³-hybridized carbons (Fsp3) is 0.571. The molecular weight excluding hydrogens is 310 g/mol. The molecule has 4 heteroatoms. The number of nitrogens with zero attached hydrogens (tertiary/aromatic N) is 2. The molecule has 0 amide bonds. The van der Waals surface area contributed by atoms with Crippen LogP contribution in [0.5, 0.6) is 0 Å². The number of rotatable bonds is 4. The molecule has 4 fully saturated rings. The lowest BCUT2D eigenvalue weighted by molar-refractivity contribution is -0.0602. The standard InChI is InChI=1S/C21H25N3O/c1-13(21-10-14-7-15(11-21)9-16(8-14)12-21)23-19-5-4-18-17(20(19)24-25)3-2-6-22-18/h2-6,13-16,23H,7-12H2,1H3. The van der Waals surface area contributed by atoms with Crippen LogP contribution >= 0.6 is 0 Å². The molecule has 130 valence electrons. The zero-order valence-corrected chi connectivity index (χ0v) is 14.7. The van der Waals surface area contributed by atoms with Gasteiger partial charge in [0.15, 0.2) is 0 Å².